The first-order valence-corrected chi connectivity index (χ1v) is 7.65. The summed E-state index contributed by atoms with van der Waals surface area (Å²) < 4.78 is 11.3. The highest BCUT2D eigenvalue weighted by molar-refractivity contribution is 5.49. The van der Waals surface area contributed by atoms with Crippen molar-refractivity contribution >= 4 is 5.88 Å². The Balaban J connectivity index is 1.57. The maximum atomic E-state index is 9.32. The number of ether oxygens (including phenoxy) is 1. The Hall–Kier alpha value is -2.32. The number of aromatic nitrogens is 1. The molecule has 112 valence electrons. The molecule has 0 unspecified atom stereocenters. The topological polar surface area (TPSA) is 62.3 Å². The van der Waals surface area contributed by atoms with E-state index in [9.17, 15) is 5.26 Å². The predicted octanol–water partition coefficient (Wildman–Crippen LogP) is 2.65. The number of anilines is 1. The van der Waals surface area contributed by atoms with E-state index in [0.29, 0.717) is 42.5 Å². The van der Waals surface area contributed by atoms with Crippen molar-refractivity contribution in [3.63, 3.8) is 0 Å². The maximum absolute atomic E-state index is 9.32. The van der Waals surface area contributed by atoms with Gasteiger partial charge in [0.15, 0.2) is 0 Å². The second-order valence-electron chi connectivity index (χ2n) is 5.78. The van der Waals surface area contributed by atoms with Gasteiger partial charge < -0.3 is 14.1 Å². The smallest absolute Gasteiger partial charge is 0.234 e. The van der Waals surface area contributed by atoms with Crippen LogP contribution in [0.25, 0.3) is 0 Å². The molecule has 0 N–H and O–H groups in total. The molecule has 2 fully saturated rings. The average Bonchev–Trinajstić information content (AvgIpc) is 3.28. The largest absolute Gasteiger partial charge is 0.423 e. The first-order chi connectivity index (χ1) is 10.9. The molecule has 1 aliphatic carbocycles. The highest BCUT2D eigenvalue weighted by atomic mass is 16.5. The summed E-state index contributed by atoms with van der Waals surface area (Å²) in [4.78, 5) is 6.49. The van der Waals surface area contributed by atoms with E-state index in [0.717, 1.165) is 19.5 Å². The molecule has 22 heavy (non-hydrogen) atoms. The summed E-state index contributed by atoms with van der Waals surface area (Å²) >= 11 is 0. The van der Waals surface area contributed by atoms with Crippen LogP contribution in [0.4, 0.5) is 5.88 Å². The summed E-state index contributed by atoms with van der Waals surface area (Å²) in [6.07, 6.45) is 1.04. The molecule has 1 aliphatic heterocycles. The normalized spacial score (nSPS) is 24.0. The molecule has 0 amide bonds. The number of nitriles is 1. The fourth-order valence-corrected chi connectivity index (χ4v) is 3.08. The van der Waals surface area contributed by atoms with Crippen molar-refractivity contribution in [1.82, 2.24) is 4.98 Å². The first kappa shape index (κ1) is 13.4. The van der Waals surface area contributed by atoms with Gasteiger partial charge in [-0.3, -0.25) is 0 Å². The third kappa shape index (κ3) is 2.36. The molecule has 5 nitrogen and oxygen atoms in total. The monoisotopic (exact) mass is 295 g/mol. The van der Waals surface area contributed by atoms with Crippen LogP contribution in [0.3, 0.4) is 0 Å². The van der Waals surface area contributed by atoms with E-state index < -0.39 is 0 Å². The van der Waals surface area contributed by atoms with Crippen LogP contribution in [0.5, 0.6) is 0 Å². The van der Waals surface area contributed by atoms with E-state index in [1.807, 2.05) is 6.07 Å². The number of morpholine rings is 1. The summed E-state index contributed by atoms with van der Waals surface area (Å²) in [6.45, 7) is 2.82. The molecule has 2 heterocycles. The van der Waals surface area contributed by atoms with Gasteiger partial charge in [0.05, 0.1) is 13.2 Å². The lowest BCUT2D eigenvalue weighted by Crippen LogP contribution is -2.36. The molecular weight excluding hydrogens is 278 g/mol. The van der Waals surface area contributed by atoms with Gasteiger partial charge in [-0.05, 0) is 17.9 Å². The number of nitrogens with zero attached hydrogens (tertiary/aromatic N) is 3. The van der Waals surface area contributed by atoms with Gasteiger partial charge in [0.1, 0.15) is 6.07 Å². The van der Waals surface area contributed by atoms with Crippen LogP contribution >= 0.6 is 0 Å². The second-order valence-corrected chi connectivity index (χ2v) is 5.78. The van der Waals surface area contributed by atoms with Crippen molar-refractivity contribution in [1.29, 1.82) is 5.26 Å². The molecule has 2 aromatic rings. The Kier molecular flexibility index (Phi) is 3.32. The van der Waals surface area contributed by atoms with Crippen molar-refractivity contribution in [3.8, 4) is 6.07 Å². The maximum Gasteiger partial charge on any atom is 0.234 e. The van der Waals surface area contributed by atoms with Gasteiger partial charge in [0, 0.05) is 19.0 Å². The van der Waals surface area contributed by atoms with Crippen LogP contribution < -0.4 is 4.90 Å². The summed E-state index contributed by atoms with van der Waals surface area (Å²) in [7, 11) is 0. The highest BCUT2D eigenvalue weighted by Gasteiger charge is 2.44. The van der Waals surface area contributed by atoms with E-state index in [4.69, 9.17) is 9.15 Å². The molecule has 4 rings (SSSR count). The SMILES string of the molecule is N#Cc1nc([C@H]2C[C@H]2c2ccccc2)oc1N1CCOCC1. The zero-order chi connectivity index (χ0) is 14.9. The predicted molar refractivity (Wildman–Crippen MR) is 80.8 cm³/mol. The summed E-state index contributed by atoms with van der Waals surface area (Å²) in [6, 6.07) is 12.6. The zero-order valence-electron chi connectivity index (χ0n) is 12.2. The molecule has 2 aliphatic rings. The van der Waals surface area contributed by atoms with Crippen LogP contribution in [0.1, 0.15) is 35.4 Å². The van der Waals surface area contributed by atoms with Crippen LogP contribution in [0, 0.1) is 11.3 Å². The fraction of sp³-hybridized carbons (Fsp3) is 0.412. The van der Waals surface area contributed by atoms with E-state index in [1.54, 1.807) is 0 Å². The molecule has 2 atom stereocenters. The lowest BCUT2D eigenvalue weighted by molar-refractivity contribution is 0.120. The summed E-state index contributed by atoms with van der Waals surface area (Å²) in [5.74, 6) is 2.07. The molecule has 1 aromatic carbocycles. The third-order valence-electron chi connectivity index (χ3n) is 4.37. The average molecular weight is 295 g/mol. The van der Waals surface area contributed by atoms with Gasteiger partial charge >= 0.3 is 0 Å². The Morgan fingerprint density at radius 2 is 1.91 bits per heavy atom. The first-order valence-electron chi connectivity index (χ1n) is 7.65. The molecule has 1 saturated heterocycles. The third-order valence-corrected chi connectivity index (χ3v) is 4.37. The van der Waals surface area contributed by atoms with Crippen LogP contribution in [0.2, 0.25) is 0 Å². The van der Waals surface area contributed by atoms with Gasteiger partial charge in [-0.15, -0.1) is 0 Å². The van der Waals surface area contributed by atoms with Crippen molar-refractivity contribution in [3.05, 3.63) is 47.5 Å². The van der Waals surface area contributed by atoms with Gasteiger partial charge in [-0.2, -0.15) is 5.26 Å². The number of rotatable bonds is 3. The molecule has 1 saturated carbocycles. The van der Waals surface area contributed by atoms with Gasteiger partial charge in [0.25, 0.3) is 0 Å². The standard InChI is InChI=1S/C17H17N3O2/c18-11-15-17(20-6-8-21-9-7-20)22-16(19-15)14-10-13(14)12-4-2-1-3-5-12/h1-5,13-14H,6-10H2/t13-,14-/m0/s1. The van der Waals surface area contributed by atoms with Crippen molar-refractivity contribution in [2.75, 3.05) is 31.2 Å². The van der Waals surface area contributed by atoms with Gasteiger partial charge in [-0.1, -0.05) is 30.3 Å². The minimum absolute atomic E-state index is 0.296. The fourth-order valence-electron chi connectivity index (χ4n) is 3.08. The highest BCUT2D eigenvalue weighted by Crippen LogP contribution is 2.54. The molecule has 1 aromatic heterocycles. The van der Waals surface area contributed by atoms with E-state index in [1.165, 1.54) is 5.56 Å². The number of benzene rings is 1. The molecule has 0 radical (unpaired) electrons. The van der Waals surface area contributed by atoms with E-state index >= 15 is 0 Å². The lowest BCUT2D eigenvalue weighted by atomic mass is 10.1. The van der Waals surface area contributed by atoms with Crippen LogP contribution in [-0.4, -0.2) is 31.3 Å². The Morgan fingerprint density at radius 3 is 2.64 bits per heavy atom. The molecule has 5 heteroatoms. The minimum atomic E-state index is 0.296. The number of oxazole rings is 1. The Bertz CT molecular complexity index is 698. The minimum Gasteiger partial charge on any atom is -0.423 e. The molecule has 0 spiro atoms. The molecular formula is C17H17N3O2. The van der Waals surface area contributed by atoms with Crippen LogP contribution in [-0.2, 0) is 4.74 Å². The van der Waals surface area contributed by atoms with Crippen molar-refractivity contribution in [2.45, 2.75) is 18.3 Å². The summed E-state index contributed by atoms with van der Waals surface area (Å²) in [5, 5.41) is 9.32. The van der Waals surface area contributed by atoms with E-state index in [-0.39, 0.29) is 0 Å². The van der Waals surface area contributed by atoms with Gasteiger partial charge in [-0.25, -0.2) is 4.98 Å². The lowest BCUT2D eigenvalue weighted by Gasteiger charge is -2.26. The summed E-state index contributed by atoms with van der Waals surface area (Å²) in [5.41, 5.74) is 1.72. The number of hydrogen-bond acceptors (Lipinski definition) is 5. The number of hydrogen-bond donors (Lipinski definition) is 0. The van der Waals surface area contributed by atoms with E-state index in [2.05, 4.69) is 40.2 Å². The van der Waals surface area contributed by atoms with Crippen LogP contribution in [0.15, 0.2) is 34.7 Å². The van der Waals surface area contributed by atoms with Crippen molar-refractivity contribution < 1.29 is 9.15 Å². The van der Waals surface area contributed by atoms with Gasteiger partial charge in [0.2, 0.25) is 17.5 Å². The molecule has 0 bridgehead atoms. The Morgan fingerprint density at radius 1 is 1.14 bits per heavy atom. The quantitative estimate of drug-likeness (QED) is 0.871. The van der Waals surface area contributed by atoms with Crippen molar-refractivity contribution in [2.24, 2.45) is 0 Å². The zero-order valence-corrected chi connectivity index (χ0v) is 12.2. The Labute approximate surface area is 129 Å². The second kappa shape index (κ2) is 5.47.